The predicted octanol–water partition coefficient (Wildman–Crippen LogP) is 0.928. The molecule has 94 valence electrons. The number of benzene rings is 1. The number of aromatic hydroxyl groups is 1. The minimum Gasteiger partial charge on any atom is -0.508 e. The number of carboxylic acid groups (broad SMARTS) is 1. The Morgan fingerprint density at radius 2 is 2.24 bits per heavy atom. The van der Waals surface area contributed by atoms with Crippen LogP contribution in [0.15, 0.2) is 24.3 Å². The van der Waals surface area contributed by atoms with Crippen molar-refractivity contribution in [1.29, 1.82) is 0 Å². The van der Waals surface area contributed by atoms with Gasteiger partial charge in [0.05, 0.1) is 6.61 Å². The van der Waals surface area contributed by atoms with Crippen LogP contribution >= 0.6 is 0 Å². The monoisotopic (exact) mass is 239 g/mol. The number of carbonyl (C=O) groups is 1. The lowest BCUT2D eigenvalue weighted by molar-refractivity contribution is -0.144. The minimum absolute atomic E-state index is 0.0449. The van der Waals surface area contributed by atoms with Gasteiger partial charge in [0.15, 0.2) is 0 Å². The van der Waals surface area contributed by atoms with Crippen molar-refractivity contribution in [2.75, 3.05) is 20.3 Å². The quantitative estimate of drug-likeness (QED) is 0.643. The van der Waals surface area contributed by atoms with Gasteiger partial charge in [0.25, 0.3) is 0 Å². The van der Waals surface area contributed by atoms with Gasteiger partial charge in [0.2, 0.25) is 0 Å². The lowest BCUT2D eigenvalue weighted by Crippen LogP contribution is -2.47. The Balaban J connectivity index is 2.95. The molecule has 17 heavy (non-hydrogen) atoms. The molecule has 0 fully saturated rings. The smallest absolute Gasteiger partial charge is 0.328 e. The summed E-state index contributed by atoms with van der Waals surface area (Å²) in [6.07, 6.45) is 0. The van der Waals surface area contributed by atoms with Crippen LogP contribution in [0, 0.1) is 0 Å². The molecule has 1 unspecified atom stereocenters. The summed E-state index contributed by atoms with van der Waals surface area (Å²) in [5.74, 6) is -0.956. The van der Waals surface area contributed by atoms with Gasteiger partial charge in [-0.3, -0.25) is 5.32 Å². The number of hydrogen-bond acceptors (Lipinski definition) is 4. The van der Waals surface area contributed by atoms with E-state index >= 15 is 0 Å². The fourth-order valence-corrected chi connectivity index (χ4v) is 1.52. The molecule has 5 heteroatoms. The van der Waals surface area contributed by atoms with Gasteiger partial charge in [-0.25, -0.2) is 4.79 Å². The highest BCUT2D eigenvalue weighted by Crippen LogP contribution is 2.24. The van der Waals surface area contributed by atoms with E-state index in [-0.39, 0.29) is 5.75 Å². The molecule has 5 nitrogen and oxygen atoms in total. The third-order valence-electron chi connectivity index (χ3n) is 2.64. The number of carboxylic acids is 1. The second kappa shape index (κ2) is 5.65. The highest BCUT2D eigenvalue weighted by molar-refractivity contribution is 5.80. The van der Waals surface area contributed by atoms with Gasteiger partial charge in [-0.15, -0.1) is 0 Å². The van der Waals surface area contributed by atoms with Crippen molar-refractivity contribution >= 4 is 5.97 Å². The number of hydrogen-bond donors (Lipinski definition) is 3. The molecule has 0 aliphatic carbocycles. The van der Waals surface area contributed by atoms with Crippen LogP contribution in [0.3, 0.4) is 0 Å². The SMILES string of the molecule is COCCNC(C)(C(=O)O)c1cccc(O)c1. The van der Waals surface area contributed by atoms with Crippen LogP contribution in [0.5, 0.6) is 5.75 Å². The molecule has 0 bridgehead atoms. The van der Waals surface area contributed by atoms with Crippen molar-refractivity contribution < 1.29 is 19.7 Å². The average Bonchev–Trinajstić information content (AvgIpc) is 2.29. The number of rotatable bonds is 6. The fraction of sp³-hybridized carbons (Fsp3) is 0.417. The number of phenols is 1. The molecule has 1 aromatic rings. The fourth-order valence-electron chi connectivity index (χ4n) is 1.52. The van der Waals surface area contributed by atoms with E-state index in [4.69, 9.17) is 4.74 Å². The highest BCUT2D eigenvalue weighted by atomic mass is 16.5. The van der Waals surface area contributed by atoms with Gasteiger partial charge >= 0.3 is 5.97 Å². The third-order valence-corrected chi connectivity index (χ3v) is 2.64. The number of aliphatic carboxylic acids is 1. The Bertz CT molecular complexity index is 394. The molecule has 0 saturated heterocycles. The summed E-state index contributed by atoms with van der Waals surface area (Å²) in [7, 11) is 1.55. The van der Waals surface area contributed by atoms with Crippen molar-refractivity contribution in [2.45, 2.75) is 12.5 Å². The molecule has 0 heterocycles. The van der Waals surface area contributed by atoms with Crippen LogP contribution in [0.2, 0.25) is 0 Å². The summed E-state index contributed by atoms with van der Waals surface area (Å²) in [4.78, 5) is 11.3. The highest BCUT2D eigenvalue weighted by Gasteiger charge is 2.34. The molecule has 0 aliphatic rings. The molecule has 3 N–H and O–H groups in total. The zero-order valence-corrected chi connectivity index (χ0v) is 9.93. The van der Waals surface area contributed by atoms with Crippen molar-refractivity contribution in [2.24, 2.45) is 0 Å². The van der Waals surface area contributed by atoms with Gasteiger partial charge in [-0.05, 0) is 24.6 Å². The van der Waals surface area contributed by atoms with E-state index < -0.39 is 11.5 Å². The van der Waals surface area contributed by atoms with E-state index in [0.717, 1.165) is 0 Å². The van der Waals surface area contributed by atoms with E-state index in [1.165, 1.54) is 12.1 Å². The third kappa shape index (κ3) is 3.18. The lowest BCUT2D eigenvalue weighted by atomic mass is 9.92. The summed E-state index contributed by atoms with van der Waals surface area (Å²) in [6.45, 7) is 2.39. The first-order valence-electron chi connectivity index (χ1n) is 5.27. The largest absolute Gasteiger partial charge is 0.508 e. The topological polar surface area (TPSA) is 78.8 Å². The van der Waals surface area contributed by atoms with Crippen molar-refractivity contribution in [3.63, 3.8) is 0 Å². The summed E-state index contributed by atoms with van der Waals surface area (Å²) in [5.41, 5.74) is -0.738. The van der Waals surface area contributed by atoms with E-state index in [2.05, 4.69) is 5.32 Å². The molecule has 0 radical (unpaired) electrons. The van der Waals surface area contributed by atoms with E-state index in [9.17, 15) is 15.0 Å². The second-order valence-corrected chi connectivity index (χ2v) is 3.90. The maximum atomic E-state index is 11.3. The molecule has 1 rings (SSSR count). The Morgan fingerprint density at radius 3 is 2.76 bits per heavy atom. The standard InChI is InChI=1S/C12H17NO4/c1-12(11(15)16,13-6-7-17-2)9-4-3-5-10(14)8-9/h3-5,8,13-14H,6-7H2,1-2H3,(H,15,16). The maximum absolute atomic E-state index is 11.3. The maximum Gasteiger partial charge on any atom is 0.328 e. The molecule has 0 spiro atoms. The molecule has 1 atom stereocenters. The first-order valence-corrected chi connectivity index (χ1v) is 5.27. The van der Waals surface area contributed by atoms with Crippen LogP contribution in [0.1, 0.15) is 12.5 Å². The van der Waals surface area contributed by atoms with Gasteiger partial charge < -0.3 is 14.9 Å². The summed E-state index contributed by atoms with van der Waals surface area (Å²) in [5, 5.41) is 21.6. The summed E-state index contributed by atoms with van der Waals surface area (Å²) < 4.78 is 4.87. The molecule has 0 amide bonds. The van der Waals surface area contributed by atoms with Crippen LogP contribution < -0.4 is 5.32 Å². The van der Waals surface area contributed by atoms with Crippen LogP contribution in [0.25, 0.3) is 0 Å². The van der Waals surface area contributed by atoms with Gasteiger partial charge in [-0.1, -0.05) is 12.1 Å². The molecule has 0 aliphatic heterocycles. The Morgan fingerprint density at radius 1 is 1.53 bits per heavy atom. The number of nitrogens with one attached hydrogen (secondary N) is 1. The minimum atomic E-state index is -1.24. The average molecular weight is 239 g/mol. The lowest BCUT2D eigenvalue weighted by Gasteiger charge is -2.26. The Hall–Kier alpha value is -1.59. The van der Waals surface area contributed by atoms with Crippen molar-refractivity contribution in [1.82, 2.24) is 5.32 Å². The summed E-state index contributed by atoms with van der Waals surface area (Å²) >= 11 is 0. The molecular formula is C12H17NO4. The predicted molar refractivity (Wildman–Crippen MR) is 63.0 cm³/mol. The van der Waals surface area contributed by atoms with Crippen molar-refractivity contribution in [3.05, 3.63) is 29.8 Å². The number of methoxy groups -OCH3 is 1. The van der Waals surface area contributed by atoms with Crippen LogP contribution in [0.4, 0.5) is 0 Å². The molecule has 1 aromatic carbocycles. The van der Waals surface area contributed by atoms with Gasteiger partial charge in [0.1, 0.15) is 11.3 Å². The number of phenolic OH excluding ortho intramolecular Hbond substituents is 1. The zero-order chi connectivity index (χ0) is 12.9. The molecule has 0 saturated carbocycles. The van der Waals surface area contributed by atoms with Gasteiger partial charge in [-0.2, -0.15) is 0 Å². The van der Waals surface area contributed by atoms with E-state index in [1.54, 1.807) is 26.2 Å². The molecular weight excluding hydrogens is 222 g/mol. The van der Waals surface area contributed by atoms with Crippen LogP contribution in [-0.2, 0) is 15.1 Å². The first kappa shape index (κ1) is 13.5. The Labute approximate surface area is 100 Å². The van der Waals surface area contributed by atoms with E-state index in [1.807, 2.05) is 0 Å². The zero-order valence-electron chi connectivity index (χ0n) is 9.93. The second-order valence-electron chi connectivity index (χ2n) is 3.90. The van der Waals surface area contributed by atoms with Gasteiger partial charge in [0, 0.05) is 13.7 Å². The first-order chi connectivity index (χ1) is 8.00. The van der Waals surface area contributed by atoms with Crippen molar-refractivity contribution in [3.8, 4) is 5.75 Å². The van der Waals surface area contributed by atoms with Crippen LogP contribution in [-0.4, -0.2) is 36.4 Å². The van der Waals surface area contributed by atoms with E-state index in [0.29, 0.717) is 18.7 Å². The normalized spacial score (nSPS) is 14.2. The summed E-state index contributed by atoms with van der Waals surface area (Å²) in [6, 6.07) is 6.21. The Kier molecular flexibility index (Phi) is 4.48. The number of ether oxygens (including phenoxy) is 1. The molecule has 0 aromatic heterocycles.